The molecule has 1 aromatic heterocycles. The van der Waals surface area contributed by atoms with Gasteiger partial charge in [-0.2, -0.15) is 0 Å². The fraction of sp³-hybridized carbons (Fsp3) is 0. The van der Waals surface area contributed by atoms with E-state index in [0.29, 0.717) is 0 Å². The standard InChI is InChI=1S/C6H5ClIN5O2/c7-3-2(4(9)12-1-11-3)5(14)15-13-6(8)10/h1H,(H2,10,13)(H2,9,11,12). The fourth-order valence-electron chi connectivity index (χ4n) is 0.696. The third-order valence-corrected chi connectivity index (χ3v) is 1.73. The first-order chi connectivity index (χ1) is 7.02. The molecule has 1 aromatic rings. The normalized spacial score (nSPS) is 11.2. The minimum atomic E-state index is -0.863. The van der Waals surface area contributed by atoms with Gasteiger partial charge >= 0.3 is 5.97 Å². The molecule has 0 spiro atoms. The zero-order chi connectivity index (χ0) is 11.4. The maximum Gasteiger partial charge on any atom is 0.372 e. The van der Waals surface area contributed by atoms with E-state index in [4.69, 9.17) is 23.1 Å². The lowest BCUT2D eigenvalue weighted by molar-refractivity contribution is 0.0518. The number of nitrogen functional groups attached to an aromatic ring is 1. The van der Waals surface area contributed by atoms with E-state index >= 15 is 0 Å². The first kappa shape index (κ1) is 11.9. The Hall–Kier alpha value is -1.16. The summed E-state index contributed by atoms with van der Waals surface area (Å²) in [5.41, 5.74) is 10.4. The van der Waals surface area contributed by atoms with Crippen LogP contribution in [0.25, 0.3) is 0 Å². The molecule has 0 aromatic carbocycles. The average Bonchev–Trinajstić information content (AvgIpc) is 2.14. The van der Waals surface area contributed by atoms with Crippen LogP contribution in [0.3, 0.4) is 0 Å². The van der Waals surface area contributed by atoms with Crippen LogP contribution in [0.1, 0.15) is 10.4 Å². The van der Waals surface area contributed by atoms with E-state index < -0.39 is 5.97 Å². The molecular formula is C6H5ClIN5O2. The molecule has 7 nitrogen and oxygen atoms in total. The zero-order valence-electron chi connectivity index (χ0n) is 7.15. The molecule has 0 amide bonds. The Morgan fingerprint density at radius 2 is 2.27 bits per heavy atom. The third kappa shape index (κ3) is 3.16. The smallest absolute Gasteiger partial charge is 0.372 e. The molecule has 1 heterocycles. The topological polar surface area (TPSA) is 116 Å². The molecule has 4 N–H and O–H groups in total. The van der Waals surface area contributed by atoms with Gasteiger partial charge in [0.05, 0.1) is 0 Å². The van der Waals surface area contributed by atoms with E-state index in [-0.39, 0.29) is 20.4 Å². The van der Waals surface area contributed by atoms with Gasteiger partial charge in [0, 0.05) is 22.6 Å². The van der Waals surface area contributed by atoms with Crippen molar-refractivity contribution in [2.24, 2.45) is 10.9 Å². The van der Waals surface area contributed by atoms with Crippen molar-refractivity contribution < 1.29 is 9.63 Å². The molecule has 9 heteroatoms. The van der Waals surface area contributed by atoms with Crippen molar-refractivity contribution in [3.8, 4) is 0 Å². The summed E-state index contributed by atoms with van der Waals surface area (Å²) in [4.78, 5) is 22.9. The van der Waals surface area contributed by atoms with Crippen molar-refractivity contribution in [3.05, 3.63) is 17.0 Å². The number of halogens is 2. The van der Waals surface area contributed by atoms with E-state index in [9.17, 15) is 4.79 Å². The lowest BCUT2D eigenvalue weighted by atomic mass is 10.3. The number of aromatic nitrogens is 2. The molecule has 1 rings (SSSR count). The molecule has 0 saturated heterocycles. The Morgan fingerprint density at radius 1 is 1.60 bits per heavy atom. The van der Waals surface area contributed by atoms with Gasteiger partial charge in [0.1, 0.15) is 22.9 Å². The number of oxime groups is 1. The Kier molecular flexibility index (Phi) is 4.03. The minimum Gasteiger partial charge on any atom is -0.383 e. The molecule has 0 radical (unpaired) electrons. The van der Waals surface area contributed by atoms with Crippen LogP contribution in [0.2, 0.25) is 5.15 Å². The number of hydrogen-bond acceptors (Lipinski definition) is 6. The molecule has 15 heavy (non-hydrogen) atoms. The van der Waals surface area contributed by atoms with Gasteiger partial charge in [-0.3, -0.25) is 0 Å². The number of rotatable bonds is 2. The number of hydrogen-bond donors (Lipinski definition) is 2. The third-order valence-electron chi connectivity index (χ3n) is 1.25. The predicted molar refractivity (Wildman–Crippen MR) is 62.5 cm³/mol. The maximum atomic E-state index is 11.4. The average molecular weight is 341 g/mol. The highest BCUT2D eigenvalue weighted by Gasteiger charge is 2.18. The van der Waals surface area contributed by atoms with Gasteiger partial charge in [0.25, 0.3) is 0 Å². The van der Waals surface area contributed by atoms with Gasteiger partial charge in [0.2, 0.25) is 3.84 Å². The summed E-state index contributed by atoms with van der Waals surface area (Å²) >= 11 is 7.29. The lowest BCUT2D eigenvalue weighted by Gasteiger charge is -2.02. The van der Waals surface area contributed by atoms with Crippen molar-refractivity contribution in [1.82, 2.24) is 9.97 Å². The summed E-state index contributed by atoms with van der Waals surface area (Å²) in [5, 5.41) is 3.14. The van der Waals surface area contributed by atoms with Crippen LogP contribution >= 0.6 is 34.2 Å². The second kappa shape index (κ2) is 5.07. The van der Waals surface area contributed by atoms with Crippen LogP contribution in [-0.2, 0) is 4.84 Å². The number of amidine groups is 1. The quantitative estimate of drug-likeness (QED) is 0.154. The molecule has 80 valence electrons. The number of nitrogens with two attached hydrogens (primary N) is 2. The minimum absolute atomic E-state index is 0.0625. The van der Waals surface area contributed by atoms with E-state index in [0.717, 1.165) is 6.33 Å². The number of nitrogens with zero attached hydrogens (tertiary/aromatic N) is 3. The summed E-state index contributed by atoms with van der Waals surface area (Å²) in [6.07, 6.45) is 1.13. The summed E-state index contributed by atoms with van der Waals surface area (Å²) in [5.74, 6) is -0.944. The van der Waals surface area contributed by atoms with Gasteiger partial charge in [-0.25, -0.2) is 14.8 Å². The zero-order valence-corrected chi connectivity index (χ0v) is 10.1. The number of anilines is 1. The van der Waals surface area contributed by atoms with Crippen molar-refractivity contribution in [2.75, 3.05) is 5.73 Å². The van der Waals surface area contributed by atoms with Gasteiger partial charge < -0.3 is 16.3 Å². The molecule has 0 unspecified atom stereocenters. The van der Waals surface area contributed by atoms with Gasteiger partial charge in [0.15, 0.2) is 0 Å². The van der Waals surface area contributed by atoms with Gasteiger partial charge in [-0.1, -0.05) is 16.8 Å². The van der Waals surface area contributed by atoms with Gasteiger partial charge in [-0.15, -0.1) is 0 Å². The first-order valence-corrected chi connectivity index (χ1v) is 4.94. The summed E-state index contributed by atoms with van der Waals surface area (Å²) in [7, 11) is 0. The molecule has 0 aliphatic heterocycles. The maximum absolute atomic E-state index is 11.4. The highest BCUT2D eigenvalue weighted by molar-refractivity contribution is 14.1. The molecule has 0 atom stereocenters. The van der Waals surface area contributed by atoms with E-state index in [1.165, 1.54) is 0 Å². The molecular weight excluding hydrogens is 336 g/mol. The Balaban J connectivity index is 2.96. The van der Waals surface area contributed by atoms with Crippen molar-refractivity contribution in [1.29, 1.82) is 0 Å². The van der Waals surface area contributed by atoms with E-state index in [1.54, 1.807) is 22.6 Å². The number of carbonyl (C=O) groups is 1. The SMILES string of the molecule is N/C(I)=N/OC(=O)c1c(N)ncnc1Cl. The van der Waals surface area contributed by atoms with Crippen LogP contribution in [0.15, 0.2) is 11.5 Å². The fourth-order valence-corrected chi connectivity index (χ4v) is 1.01. The van der Waals surface area contributed by atoms with Crippen molar-refractivity contribution in [2.45, 2.75) is 0 Å². The molecule has 0 fully saturated rings. The van der Waals surface area contributed by atoms with Crippen molar-refractivity contribution in [3.63, 3.8) is 0 Å². The Morgan fingerprint density at radius 3 is 2.80 bits per heavy atom. The largest absolute Gasteiger partial charge is 0.383 e. The molecule has 0 aliphatic rings. The van der Waals surface area contributed by atoms with Crippen LogP contribution in [0.4, 0.5) is 5.82 Å². The highest BCUT2D eigenvalue weighted by atomic mass is 127. The van der Waals surface area contributed by atoms with E-state index in [2.05, 4.69) is 20.0 Å². The second-order valence-electron chi connectivity index (χ2n) is 2.22. The molecule has 0 aliphatic carbocycles. The first-order valence-electron chi connectivity index (χ1n) is 3.48. The summed E-state index contributed by atoms with van der Waals surface area (Å²) in [6.45, 7) is 0. The molecule has 0 saturated carbocycles. The lowest BCUT2D eigenvalue weighted by Crippen LogP contribution is -2.11. The Labute approximate surface area is 103 Å². The monoisotopic (exact) mass is 341 g/mol. The number of carbonyl (C=O) groups excluding carboxylic acids is 1. The predicted octanol–water partition coefficient (Wildman–Crippen LogP) is 0.534. The van der Waals surface area contributed by atoms with Gasteiger partial charge in [-0.05, 0) is 0 Å². The summed E-state index contributed by atoms with van der Waals surface area (Å²) < 4.78 is 0.0625. The van der Waals surface area contributed by atoms with Crippen LogP contribution in [0.5, 0.6) is 0 Å². The summed E-state index contributed by atoms with van der Waals surface area (Å²) in [6, 6.07) is 0. The Bertz CT molecular complexity index is 400. The van der Waals surface area contributed by atoms with Crippen LogP contribution in [-0.4, -0.2) is 19.8 Å². The van der Waals surface area contributed by atoms with E-state index in [1.807, 2.05) is 0 Å². The molecule has 0 bridgehead atoms. The second-order valence-corrected chi connectivity index (χ2v) is 3.68. The highest BCUT2D eigenvalue weighted by Crippen LogP contribution is 2.18. The van der Waals surface area contributed by atoms with Crippen molar-refractivity contribution >= 4 is 49.8 Å². The van der Waals surface area contributed by atoms with Crippen LogP contribution in [0, 0.1) is 0 Å². The van der Waals surface area contributed by atoms with Crippen LogP contribution < -0.4 is 11.5 Å².